The third-order valence-electron chi connectivity index (χ3n) is 23.2. The fourth-order valence-electron chi connectivity index (χ4n) is 17.0. The van der Waals surface area contributed by atoms with Gasteiger partial charge in [-0.3, -0.25) is 4.79 Å². The maximum atomic E-state index is 15.4. The van der Waals surface area contributed by atoms with Gasteiger partial charge in [0.1, 0.15) is 5.60 Å². The van der Waals surface area contributed by atoms with E-state index in [1.54, 1.807) is 0 Å². The van der Waals surface area contributed by atoms with Crippen LogP contribution in [0.3, 0.4) is 0 Å². The number of hydrogen-bond donors (Lipinski definition) is 1. The summed E-state index contributed by atoms with van der Waals surface area (Å²) in [5, 5.41) is 11.7. The number of aliphatic hydroxyl groups is 1. The van der Waals surface area contributed by atoms with Crippen LogP contribution in [0.5, 0.6) is 0 Å². The highest BCUT2D eigenvalue weighted by molar-refractivity contribution is 5.78. The van der Waals surface area contributed by atoms with E-state index in [1.807, 2.05) is 0 Å². The summed E-state index contributed by atoms with van der Waals surface area (Å²) in [5.74, 6) is 0.951. The molecular formula is C52H98O3. The van der Waals surface area contributed by atoms with Crippen molar-refractivity contribution in [3.8, 4) is 0 Å². The second-order valence-corrected chi connectivity index (χ2v) is 23.2. The Labute approximate surface area is 344 Å². The predicted octanol–water partition coefficient (Wildman–Crippen LogP) is 15.8. The predicted molar refractivity (Wildman–Crippen MR) is 238 cm³/mol. The van der Waals surface area contributed by atoms with Gasteiger partial charge in [-0.25, -0.2) is 0 Å². The van der Waals surface area contributed by atoms with Crippen LogP contribution in [0.15, 0.2) is 0 Å². The zero-order chi connectivity index (χ0) is 42.8. The van der Waals surface area contributed by atoms with E-state index < -0.39 is 16.6 Å². The topological polar surface area (TPSA) is 46.5 Å². The minimum atomic E-state index is -0.690. The molecule has 11 unspecified atom stereocenters. The summed E-state index contributed by atoms with van der Waals surface area (Å²) < 4.78 is 7.03. The summed E-state index contributed by atoms with van der Waals surface area (Å²) in [6.45, 7) is 53.1. The van der Waals surface area contributed by atoms with Crippen molar-refractivity contribution in [3.63, 3.8) is 0 Å². The van der Waals surface area contributed by atoms with Gasteiger partial charge in [-0.2, -0.15) is 0 Å². The van der Waals surface area contributed by atoms with Crippen LogP contribution in [0, 0.1) is 66.0 Å². The zero-order valence-electron chi connectivity index (χ0n) is 41.2. The van der Waals surface area contributed by atoms with E-state index in [2.05, 4.69) is 145 Å². The van der Waals surface area contributed by atoms with E-state index >= 15 is 4.79 Å². The van der Waals surface area contributed by atoms with Crippen LogP contribution in [-0.4, -0.2) is 22.3 Å². The molecule has 0 heterocycles. The van der Waals surface area contributed by atoms with Crippen LogP contribution < -0.4 is 0 Å². The van der Waals surface area contributed by atoms with Crippen LogP contribution in [0.4, 0.5) is 0 Å². The second-order valence-electron chi connectivity index (χ2n) is 23.2. The Hall–Kier alpha value is -0.570. The number of rotatable bonds is 21. The van der Waals surface area contributed by atoms with Crippen molar-refractivity contribution >= 4 is 5.97 Å². The highest BCUT2D eigenvalue weighted by Crippen LogP contribution is 2.79. The molecule has 0 aromatic heterocycles. The van der Waals surface area contributed by atoms with Gasteiger partial charge in [0.2, 0.25) is 0 Å². The smallest absolute Gasteiger partial charge is 0.312 e. The van der Waals surface area contributed by atoms with E-state index in [1.165, 1.54) is 19.3 Å². The zero-order valence-corrected chi connectivity index (χ0v) is 41.2. The largest absolute Gasteiger partial charge is 0.459 e. The summed E-state index contributed by atoms with van der Waals surface area (Å²) in [6, 6.07) is 0. The minimum Gasteiger partial charge on any atom is -0.459 e. The summed E-state index contributed by atoms with van der Waals surface area (Å²) in [4.78, 5) is 15.4. The molecule has 0 radical (unpaired) electrons. The average Bonchev–Trinajstić information content (AvgIpc) is 3.15. The summed E-state index contributed by atoms with van der Waals surface area (Å²) in [5.41, 5.74) is -2.24. The van der Waals surface area contributed by atoms with Crippen LogP contribution in [0.2, 0.25) is 0 Å². The first-order chi connectivity index (χ1) is 25.1. The Morgan fingerprint density at radius 2 is 0.782 bits per heavy atom. The number of ether oxygens (including phenoxy) is 1. The fraction of sp³-hybridized carbons (Fsp3) is 0.981. The maximum Gasteiger partial charge on any atom is 0.312 e. The van der Waals surface area contributed by atoms with Gasteiger partial charge in [0.05, 0.1) is 11.0 Å². The molecule has 0 amide bonds. The summed E-state index contributed by atoms with van der Waals surface area (Å²) >= 11 is 0. The molecule has 0 saturated heterocycles. The number of esters is 1. The lowest BCUT2D eigenvalue weighted by Crippen LogP contribution is -2.70. The molecule has 0 spiro atoms. The third-order valence-corrected chi connectivity index (χ3v) is 23.2. The molecule has 4 bridgehead atoms. The lowest BCUT2D eigenvalue weighted by atomic mass is 9.29. The molecular weight excluding hydrogens is 673 g/mol. The first kappa shape index (κ1) is 48.8. The molecule has 4 saturated carbocycles. The molecule has 0 aromatic rings. The van der Waals surface area contributed by atoms with Gasteiger partial charge in [-0.1, -0.05) is 145 Å². The van der Waals surface area contributed by atoms with Crippen molar-refractivity contribution in [2.45, 2.75) is 259 Å². The van der Waals surface area contributed by atoms with Gasteiger partial charge >= 0.3 is 5.97 Å². The van der Waals surface area contributed by atoms with Crippen molar-refractivity contribution < 1.29 is 14.6 Å². The maximum absolute atomic E-state index is 15.4. The van der Waals surface area contributed by atoms with E-state index in [9.17, 15) is 5.11 Å². The van der Waals surface area contributed by atoms with Crippen molar-refractivity contribution in [3.05, 3.63) is 0 Å². The second kappa shape index (κ2) is 15.5. The molecule has 4 rings (SSSR count). The van der Waals surface area contributed by atoms with Gasteiger partial charge in [-0.05, 0) is 157 Å². The fourth-order valence-corrected chi connectivity index (χ4v) is 17.0. The van der Waals surface area contributed by atoms with Crippen molar-refractivity contribution in [2.24, 2.45) is 66.0 Å². The molecule has 0 aliphatic heterocycles. The lowest BCUT2D eigenvalue weighted by molar-refractivity contribution is -0.276. The van der Waals surface area contributed by atoms with E-state index in [4.69, 9.17) is 4.74 Å². The molecule has 55 heavy (non-hydrogen) atoms. The Balaban J connectivity index is 2.34. The molecule has 4 aliphatic rings. The van der Waals surface area contributed by atoms with E-state index in [-0.39, 0.29) is 54.7 Å². The van der Waals surface area contributed by atoms with Crippen LogP contribution >= 0.6 is 0 Å². The quantitative estimate of drug-likeness (QED) is 0.118. The van der Waals surface area contributed by atoms with Crippen LogP contribution in [0.1, 0.15) is 248 Å². The first-order valence-corrected chi connectivity index (χ1v) is 24.0. The van der Waals surface area contributed by atoms with Crippen LogP contribution in [0.25, 0.3) is 0 Å². The first-order valence-electron chi connectivity index (χ1n) is 24.0. The Kier molecular flexibility index (Phi) is 13.7. The Bertz CT molecular complexity index is 1340. The average molecular weight is 771 g/mol. The molecule has 0 aromatic carbocycles. The molecule has 4 aliphatic carbocycles. The minimum absolute atomic E-state index is 0.00283. The normalized spacial score (nSPS) is 34.0. The summed E-state index contributed by atoms with van der Waals surface area (Å²) in [6.07, 6.45) is 16.0. The molecule has 1 N–H and O–H groups in total. The Morgan fingerprint density at radius 1 is 0.473 bits per heavy atom. The van der Waals surface area contributed by atoms with Gasteiger partial charge in [0, 0.05) is 6.42 Å². The summed E-state index contributed by atoms with van der Waals surface area (Å²) in [7, 11) is 0. The van der Waals surface area contributed by atoms with Crippen molar-refractivity contribution in [1.29, 1.82) is 0 Å². The van der Waals surface area contributed by atoms with Gasteiger partial charge in [0.25, 0.3) is 0 Å². The van der Waals surface area contributed by atoms with E-state index in [0.29, 0.717) is 18.3 Å². The van der Waals surface area contributed by atoms with Crippen LogP contribution in [-0.2, 0) is 9.53 Å². The van der Waals surface area contributed by atoms with Gasteiger partial charge in [-0.15, -0.1) is 0 Å². The SMILES string of the molecule is CCC(C)(C)C(C)(CC)C(C)(CC)C(C)(CC)C(C)(CC)C(C)(CC)C(C)(CC)C(C)(CC)C(C)(CC)C(C)(CC)C(=O)OC12CC3CC(CC(O)(C3)C1)C2. The number of carbonyl (C=O) groups is 1. The monoisotopic (exact) mass is 771 g/mol. The third kappa shape index (κ3) is 6.16. The molecule has 3 nitrogen and oxygen atoms in total. The molecule has 4 fully saturated rings. The number of hydrogen-bond acceptors (Lipinski definition) is 3. The lowest BCUT2D eigenvalue weighted by Gasteiger charge is -2.75. The highest BCUT2D eigenvalue weighted by Gasteiger charge is 2.73. The molecule has 3 heteroatoms. The van der Waals surface area contributed by atoms with E-state index in [0.717, 1.165) is 77.0 Å². The number of carbonyl (C=O) groups excluding carboxylic acids is 1. The van der Waals surface area contributed by atoms with Crippen molar-refractivity contribution in [2.75, 3.05) is 0 Å². The highest BCUT2D eigenvalue weighted by atomic mass is 16.6. The molecule has 324 valence electrons. The van der Waals surface area contributed by atoms with Gasteiger partial charge < -0.3 is 9.84 Å². The molecule has 11 atom stereocenters. The standard InChI is InChI=1S/C52H98O3/c1-22-41(11,12)43(14,24-3)45(16,26-5)47(18,28-7)49(20,30-9)50(21,31-10)48(19,29-8)46(17,27-6)44(15,25-4)42(13,23-2)40(53)55-52-35-38-32-39(36-52)34-51(54,33-38)37-52/h38-39,54H,22-37H2,1-21H3. The van der Waals surface area contributed by atoms with Gasteiger partial charge in [0.15, 0.2) is 0 Å². The Morgan fingerprint density at radius 3 is 1.05 bits per heavy atom. The van der Waals surface area contributed by atoms with Crippen molar-refractivity contribution in [1.82, 2.24) is 0 Å².